The van der Waals surface area contributed by atoms with Crippen LogP contribution in [0.2, 0.25) is 6.55 Å². The molecule has 2 aliphatic carbocycles. The first-order valence-corrected chi connectivity index (χ1v) is 19.1. The van der Waals surface area contributed by atoms with Crippen LogP contribution in [0.25, 0.3) is 34.4 Å². The topological polar surface area (TPSA) is 0 Å². The lowest BCUT2D eigenvalue weighted by Gasteiger charge is -2.31. The maximum absolute atomic E-state index is 2.64. The highest BCUT2D eigenvalue weighted by molar-refractivity contribution is 6.63. The summed E-state index contributed by atoms with van der Waals surface area (Å²) >= 11 is 0. The summed E-state index contributed by atoms with van der Waals surface area (Å²) in [6, 6.07) is 32.7. The molecule has 4 aromatic rings. The number of allylic oxidation sites excluding steroid dienone is 2. The van der Waals surface area contributed by atoms with Crippen LogP contribution in [0.1, 0.15) is 107 Å². The van der Waals surface area contributed by atoms with Crippen LogP contribution in [0.3, 0.4) is 0 Å². The zero-order valence-electron chi connectivity index (χ0n) is 28.5. The number of hydrogen-bond donors (Lipinski definition) is 0. The number of fused-ring (bicyclic) bond motifs is 2. The highest BCUT2D eigenvalue weighted by Gasteiger charge is 2.40. The van der Waals surface area contributed by atoms with Crippen LogP contribution in [0.5, 0.6) is 0 Å². The van der Waals surface area contributed by atoms with Gasteiger partial charge in [-0.05, 0) is 90.4 Å². The summed E-state index contributed by atoms with van der Waals surface area (Å²) in [5, 5.41) is 0. The summed E-state index contributed by atoms with van der Waals surface area (Å²) in [7, 11) is -1.38. The van der Waals surface area contributed by atoms with Crippen LogP contribution in [-0.2, 0) is 10.8 Å². The average molecular weight is 595 g/mol. The zero-order valence-corrected chi connectivity index (χ0v) is 29.7. The molecule has 0 saturated carbocycles. The van der Waals surface area contributed by atoms with E-state index >= 15 is 0 Å². The molecule has 0 fully saturated rings. The van der Waals surface area contributed by atoms with Crippen molar-refractivity contribution in [3.63, 3.8) is 0 Å². The highest BCUT2D eigenvalue weighted by Crippen LogP contribution is 2.51. The number of rotatable bonds is 5. The van der Waals surface area contributed by atoms with E-state index in [1.165, 1.54) is 44.5 Å². The van der Waals surface area contributed by atoms with Gasteiger partial charge in [-0.15, -0.1) is 0 Å². The molecule has 0 saturated heterocycles. The van der Waals surface area contributed by atoms with Gasteiger partial charge in [0.2, 0.25) is 0 Å². The first kappa shape index (κ1) is 30.6. The number of hydrogen-bond acceptors (Lipinski definition) is 0. The second-order valence-electron chi connectivity index (χ2n) is 15.8. The van der Waals surface area contributed by atoms with Crippen molar-refractivity contribution >= 4 is 20.9 Å². The standard InChI is InChI=1S/C43H50Si/c1-27(2)37-26-39-34(30-19-23-32(24-20-30)43(7,8)9)14-12-16-36(39)41(37)44(10)40-28(3)25-38-33(13-11-15-35(38)40)29-17-21-31(22-18-29)42(4,5)6/h11-27,40-41,44H,1-10H3. The van der Waals surface area contributed by atoms with Gasteiger partial charge in [-0.2, -0.15) is 0 Å². The Morgan fingerprint density at radius 1 is 0.568 bits per heavy atom. The van der Waals surface area contributed by atoms with Gasteiger partial charge in [0.25, 0.3) is 0 Å². The monoisotopic (exact) mass is 594 g/mol. The van der Waals surface area contributed by atoms with Gasteiger partial charge in [-0.3, -0.25) is 0 Å². The second kappa shape index (κ2) is 11.2. The van der Waals surface area contributed by atoms with Crippen LogP contribution in [0, 0.1) is 5.92 Å². The zero-order chi connectivity index (χ0) is 31.6. The third-order valence-corrected chi connectivity index (χ3v) is 14.1. The molecule has 0 aliphatic heterocycles. The molecule has 0 amide bonds. The van der Waals surface area contributed by atoms with E-state index < -0.39 is 8.80 Å². The molecule has 0 spiro atoms. The van der Waals surface area contributed by atoms with E-state index in [1.54, 1.807) is 22.3 Å². The molecule has 0 radical (unpaired) electrons. The van der Waals surface area contributed by atoms with Crippen molar-refractivity contribution in [2.45, 2.75) is 90.8 Å². The summed E-state index contributed by atoms with van der Waals surface area (Å²) in [4.78, 5) is 0. The van der Waals surface area contributed by atoms with Crippen LogP contribution >= 0.6 is 0 Å². The van der Waals surface area contributed by atoms with Gasteiger partial charge in [0.05, 0.1) is 8.80 Å². The van der Waals surface area contributed by atoms with Crippen LogP contribution < -0.4 is 0 Å². The predicted octanol–water partition coefficient (Wildman–Crippen LogP) is 11.9. The quantitative estimate of drug-likeness (QED) is 0.202. The van der Waals surface area contributed by atoms with Gasteiger partial charge in [-0.25, -0.2) is 0 Å². The summed E-state index contributed by atoms with van der Waals surface area (Å²) in [6.07, 6.45) is 5.08. The Morgan fingerprint density at radius 3 is 1.43 bits per heavy atom. The van der Waals surface area contributed by atoms with Gasteiger partial charge in [0.15, 0.2) is 0 Å². The van der Waals surface area contributed by atoms with Crippen LogP contribution in [-0.4, -0.2) is 8.80 Å². The first-order chi connectivity index (χ1) is 20.8. The van der Waals surface area contributed by atoms with Gasteiger partial charge in [0.1, 0.15) is 0 Å². The Bertz CT molecular complexity index is 1750. The van der Waals surface area contributed by atoms with E-state index in [1.807, 2.05) is 0 Å². The van der Waals surface area contributed by atoms with Gasteiger partial charge < -0.3 is 0 Å². The lowest BCUT2D eigenvalue weighted by atomic mass is 9.86. The van der Waals surface area contributed by atoms with Crippen molar-refractivity contribution in [1.82, 2.24) is 0 Å². The Kier molecular flexibility index (Phi) is 7.78. The fourth-order valence-corrected chi connectivity index (χ4v) is 11.9. The molecule has 0 nitrogen and oxygen atoms in total. The van der Waals surface area contributed by atoms with Gasteiger partial charge >= 0.3 is 0 Å². The van der Waals surface area contributed by atoms with Crippen LogP contribution in [0.4, 0.5) is 0 Å². The molecular formula is C43H50Si. The van der Waals surface area contributed by atoms with Crippen molar-refractivity contribution < 1.29 is 0 Å². The maximum atomic E-state index is 2.64. The molecule has 0 aromatic heterocycles. The van der Waals surface area contributed by atoms with E-state index in [9.17, 15) is 0 Å². The summed E-state index contributed by atoms with van der Waals surface area (Å²) in [6.45, 7) is 23.6. The van der Waals surface area contributed by atoms with Crippen molar-refractivity contribution in [2.75, 3.05) is 0 Å². The predicted molar refractivity (Wildman–Crippen MR) is 196 cm³/mol. The molecule has 3 atom stereocenters. The van der Waals surface area contributed by atoms with Crippen molar-refractivity contribution in [1.29, 1.82) is 0 Å². The molecule has 2 aliphatic rings. The molecule has 0 N–H and O–H groups in total. The molecule has 0 heterocycles. The molecule has 4 aromatic carbocycles. The third kappa shape index (κ3) is 5.38. The van der Waals surface area contributed by atoms with E-state index in [-0.39, 0.29) is 10.8 Å². The second-order valence-corrected chi connectivity index (χ2v) is 18.8. The lowest BCUT2D eigenvalue weighted by molar-refractivity contribution is 0.590. The Balaban J connectivity index is 1.38. The van der Waals surface area contributed by atoms with Crippen molar-refractivity contribution in [3.05, 3.63) is 129 Å². The Hall–Kier alpha value is -3.42. The molecule has 3 unspecified atom stereocenters. The van der Waals surface area contributed by atoms with Gasteiger partial charge in [-0.1, -0.05) is 170 Å². The van der Waals surface area contributed by atoms with Crippen molar-refractivity contribution in [3.8, 4) is 22.3 Å². The summed E-state index contributed by atoms with van der Waals surface area (Å²) < 4.78 is 0. The van der Waals surface area contributed by atoms with Gasteiger partial charge in [0, 0.05) is 0 Å². The van der Waals surface area contributed by atoms with E-state index in [0.717, 1.165) is 0 Å². The Labute approximate surface area is 268 Å². The molecule has 1 heteroatoms. The third-order valence-electron chi connectivity index (χ3n) is 10.3. The molecule has 226 valence electrons. The minimum atomic E-state index is -1.38. The fourth-order valence-electron chi connectivity index (χ4n) is 7.84. The van der Waals surface area contributed by atoms with Crippen molar-refractivity contribution in [2.24, 2.45) is 5.92 Å². The Morgan fingerprint density at radius 2 is 1.00 bits per heavy atom. The minimum Gasteiger partial charge on any atom is -0.0705 e. The minimum absolute atomic E-state index is 0.159. The smallest absolute Gasteiger partial charge is 0.0599 e. The summed E-state index contributed by atoms with van der Waals surface area (Å²) in [5.41, 5.74) is 18.7. The number of benzene rings is 4. The van der Waals surface area contributed by atoms with E-state index in [2.05, 4.69) is 166 Å². The molecular weight excluding hydrogens is 545 g/mol. The molecule has 44 heavy (non-hydrogen) atoms. The summed E-state index contributed by atoms with van der Waals surface area (Å²) in [5.74, 6) is 0.524. The lowest BCUT2D eigenvalue weighted by Crippen LogP contribution is -2.30. The molecule has 0 bridgehead atoms. The largest absolute Gasteiger partial charge is 0.0705 e. The first-order valence-electron chi connectivity index (χ1n) is 16.6. The highest BCUT2D eigenvalue weighted by atomic mass is 28.3. The average Bonchev–Trinajstić information content (AvgIpc) is 3.54. The fraction of sp³-hybridized carbons (Fsp3) is 0.349. The molecule has 6 rings (SSSR count). The van der Waals surface area contributed by atoms with E-state index in [4.69, 9.17) is 0 Å². The maximum Gasteiger partial charge on any atom is 0.0599 e. The normalized spacial score (nSPS) is 18.6. The SMILES string of the molecule is CC1=Cc2c(-c3ccc(C(C)(C)C)cc3)cccc2C1[SiH](C)C1C(C(C)C)=Cc2c(-c3ccc(C(C)(C)C)cc3)cccc21. The van der Waals surface area contributed by atoms with E-state index in [0.29, 0.717) is 17.0 Å². The van der Waals surface area contributed by atoms with Crippen LogP contribution in [0.15, 0.2) is 96.1 Å².